The number of hydrogen-bond donors (Lipinski definition) is 2. The Kier molecular flexibility index (Phi) is 3.96. The van der Waals surface area contributed by atoms with Crippen LogP contribution in [0, 0.1) is 5.82 Å². The molecule has 0 amide bonds. The van der Waals surface area contributed by atoms with Crippen molar-refractivity contribution in [1.82, 2.24) is 4.57 Å². The molecule has 3 N–H and O–H groups in total. The lowest BCUT2D eigenvalue weighted by Crippen LogP contribution is -2.34. The van der Waals surface area contributed by atoms with Crippen molar-refractivity contribution in [3.05, 3.63) is 39.9 Å². The summed E-state index contributed by atoms with van der Waals surface area (Å²) in [6.07, 6.45) is 3.00. The number of benzene rings is 1. The van der Waals surface area contributed by atoms with Gasteiger partial charge < -0.3 is 25.0 Å². The molecule has 1 saturated heterocycles. The molecule has 2 fully saturated rings. The summed E-state index contributed by atoms with van der Waals surface area (Å²) in [6, 6.07) is 2.68. The normalized spacial score (nSPS) is 23.0. The van der Waals surface area contributed by atoms with Gasteiger partial charge in [0.1, 0.15) is 11.4 Å². The fourth-order valence-electron chi connectivity index (χ4n) is 3.65. The number of carboxylic acid groups (broad SMARTS) is 1. The summed E-state index contributed by atoms with van der Waals surface area (Å²) in [5.41, 5.74) is 5.94. The van der Waals surface area contributed by atoms with Crippen LogP contribution in [0.25, 0.3) is 10.9 Å². The Morgan fingerprint density at radius 2 is 2.08 bits per heavy atom. The number of pyridine rings is 1. The maximum absolute atomic E-state index is 14.8. The summed E-state index contributed by atoms with van der Waals surface area (Å²) in [6.45, 7) is 0.906. The zero-order valence-corrected chi connectivity index (χ0v) is 14.3. The van der Waals surface area contributed by atoms with E-state index in [9.17, 15) is 19.1 Å². The van der Waals surface area contributed by atoms with Crippen molar-refractivity contribution in [3.63, 3.8) is 0 Å². The highest BCUT2D eigenvalue weighted by molar-refractivity contribution is 5.93. The molecule has 0 unspecified atom stereocenters. The predicted octanol–water partition coefficient (Wildman–Crippen LogP) is 1.34. The topological polar surface area (TPSA) is 97.8 Å². The summed E-state index contributed by atoms with van der Waals surface area (Å²) in [4.78, 5) is 25.7. The highest BCUT2D eigenvalue weighted by atomic mass is 19.1. The Morgan fingerprint density at radius 1 is 1.35 bits per heavy atom. The van der Waals surface area contributed by atoms with E-state index in [1.54, 1.807) is 22.6 Å². The number of methoxy groups -OCH3 is 1. The van der Waals surface area contributed by atoms with Crippen LogP contribution in [0.1, 0.15) is 29.2 Å². The van der Waals surface area contributed by atoms with Gasteiger partial charge in [0.2, 0.25) is 5.43 Å². The van der Waals surface area contributed by atoms with Crippen molar-refractivity contribution < 1.29 is 19.0 Å². The molecule has 1 aliphatic heterocycles. The molecule has 0 bridgehead atoms. The average Bonchev–Trinajstić information content (AvgIpc) is 3.37. The SMILES string of the molecule is CO[C@H]1CN(c2cc3c(cc2F)c(=O)c(C(=O)O)cn3C2CC2)C[C@H]1N. The summed E-state index contributed by atoms with van der Waals surface area (Å²) < 4.78 is 21.9. The molecule has 2 aromatic rings. The predicted molar refractivity (Wildman–Crippen MR) is 94.4 cm³/mol. The van der Waals surface area contributed by atoms with Crippen molar-refractivity contribution in [2.75, 3.05) is 25.1 Å². The number of nitrogens with two attached hydrogens (primary N) is 1. The van der Waals surface area contributed by atoms with Crippen LogP contribution in [0.15, 0.2) is 23.1 Å². The van der Waals surface area contributed by atoms with Gasteiger partial charge in [0, 0.05) is 37.8 Å². The molecule has 2 atom stereocenters. The fourth-order valence-corrected chi connectivity index (χ4v) is 3.65. The van der Waals surface area contributed by atoms with E-state index in [1.807, 2.05) is 0 Å². The van der Waals surface area contributed by atoms with Crippen LogP contribution in [-0.2, 0) is 4.74 Å². The first-order valence-electron chi connectivity index (χ1n) is 8.55. The van der Waals surface area contributed by atoms with Crippen molar-refractivity contribution >= 4 is 22.6 Å². The number of nitrogens with zero attached hydrogens (tertiary/aromatic N) is 2. The van der Waals surface area contributed by atoms with E-state index in [-0.39, 0.29) is 29.1 Å². The van der Waals surface area contributed by atoms with Crippen LogP contribution in [0.3, 0.4) is 0 Å². The molecule has 2 heterocycles. The lowest BCUT2D eigenvalue weighted by Gasteiger charge is -2.21. The van der Waals surface area contributed by atoms with Crippen LogP contribution >= 0.6 is 0 Å². The van der Waals surface area contributed by atoms with Crippen LogP contribution in [0.5, 0.6) is 0 Å². The third-order valence-electron chi connectivity index (χ3n) is 5.22. The van der Waals surface area contributed by atoms with Crippen molar-refractivity contribution in [2.24, 2.45) is 5.73 Å². The number of aromatic nitrogens is 1. The summed E-state index contributed by atoms with van der Waals surface area (Å²) in [7, 11) is 1.57. The summed E-state index contributed by atoms with van der Waals surface area (Å²) in [5, 5.41) is 9.38. The minimum absolute atomic E-state index is 0.0878. The molecule has 138 valence electrons. The molecular formula is C18H20FN3O4. The molecule has 4 rings (SSSR count). The first kappa shape index (κ1) is 17.0. The number of halogens is 1. The third-order valence-corrected chi connectivity index (χ3v) is 5.22. The second-order valence-corrected chi connectivity index (χ2v) is 6.98. The van der Waals surface area contributed by atoms with Gasteiger partial charge in [0.05, 0.1) is 23.3 Å². The van der Waals surface area contributed by atoms with Crippen LogP contribution < -0.4 is 16.1 Å². The van der Waals surface area contributed by atoms with Crippen LogP contribution in [0.2, 0.25) is 0 Å². The molecular weight excluding hydrogens is 341 g/mol. The zero-order chi connectivity index (χ0) is 18.6. The molecule has 1 saturated carbocycles. The lowest BCUT2D eigenvalue weighted by atomic mass is 10.1. The van der Waals surface area contributed by atoms with Gasteiger partial charge in [-0.2, -0.15) is 0 Å². The van der Waals surface area contributed by atoms with Crippen molar-refractivity contribution in [1.29, 1.82) is 0 Å². The van der Waals surface area contributed by atoms with Crippen molar-refractivity contribution in [3.8, 4) is 0 Å². The second-order valence-electron chi connectivity index (χ2n) is 6.98. The molecule has 1 aromatic heterocycles. The van der Waals surface area contributed by atoms with Gasteiger partial charge in [-0.3, -0.25) is 4.79 Å². The quantitative estimate of drug-likeness (QED) is 0.853. The third kappa shape index (κ3) is 2.65. The van der Waals surface area contributed by atoms with E-state index < -0.39 is 17.2 Å². The minimum atomic E-state index is -1.30. The van der Waals surface area contributed by atoms with Gasteiger partial charge in [-0.15, -0.1) is 0 Å². The molecule has 8 heteroatoms. The van der Waals surface area contributed by atoms with E-state index >= 15 is 0 Å². The first-order chi connectivity index (χ1) is 12.4. The minimum Gasteiger partial charge on any atom is -0.477 e. The maximum Gasteiger partial charge on any atom is 0.341 e. The van der Waals surface area contributed by atoms with Gasteiger partial charge in [-0.25, -0.2) is 9.18 Å². The fraction of sp³-hybridized carbons (Fsp3) is 0.444. The van der Waals surface area contributed by atoms with E-state index in [4.69, 9.17) is 10.5 Å². The number of hydrogen-bond acceptors (Lipinski definition) is 5. The smallest absolute Gasteiger partial charge is 0.341 e. The number of carboxylic acids is 1. The van der Waals surface area contributed by atoms with Gasteiger partial charge in [-0.1, -0.05) is 0 Å². The van der Waals surface area contributed by atoms with Crippen LogP contribution in [-0.4, -0.2) is 48.0 Å². The molecule has 0 spiro atoms. The average molecular weight is 361 g/mol. The number of carbonyl (C=O) groups is 1. The van der Waals surface area contributed by atoms with E-state index in [0.29, 0.717) is 24.3 Å². The molecule has 7 nitrogen and oxygen atoms in total. The van der Waals surface area contributed by atoms with Gasteiger partial charge in [-0.05, 0) is 25.0 Å². The van der Waals surface area contributed by atoms with Gasteiger partial charge in [0.25, 0.3) is 0 Å². The molecule has 26 heavy (non-hydrogen) atoms. The number of anilines is 1. The lowest BCUT2D eigenvalue weighted by molar-refractivity contribution is 0.0695. The van der Waals surface area contributed by atoms with Gasteiger partial charge in [0.15, 0.2) is 0 Å². The molecule has 1 aromatic carbocycles. The van der Waals surface area contributed by atoms with Crippen LogP contribution in [0.4, 0.5) is 10.1 Å². The summed E-state index contributed by atoms with van der Waals surface area (Å²) in [5.74, 6) is -1.87. The Morgan fingerprint density at radius 3 is 2.65 bits per heavy atom. The highest BCUT2D eigenvalue weighted by Crippen LogP contribution is 2.38. The Balaban J connectivity index is 1.89. The molecule has 1 aliphatic carbocycles. The monoisotopic (exact) mass is 361 g/mol. The summed E-state index contributed by atoms with van der Waals surface area (Å²) >= 11 is 0. The molecule has 0 radical (unpaired) electrons. The largest absolute Gasteiger partial charge is 0.477 e. The molecule has 2 aliphatic rings. The number of fused-ring (bicyclic) bond motifs is 1. The van der Waals surface area contributed by atoms with Crippen molar-refractivity contribution in [2.45, 2.75) is 31.0 Å². The van der Waals surface area contributed by atoms with E-state index in [0.717, 1.165) is 18.9 Å². The zero-order valence-electron chi connectivity index (χ0n) is 14.3. The Bertz CT molecular complexity index is 954. The van der Waals surface area contributed by atoms with Gasteiger partial charge >= 0.3 is 5.97 Å². The standard InChI is InChI=1S/C18H20FN3O4/c1-26-16-8-21(7-13(16)20)15-5-14-10(4-12(15)19)17(23)11(18(24)25)6-22(14)9-2-3-9/h4-6,9,13,16H,2-3,7-8,20H2,1H3,(H,24,25)/t13-,16+/m1/s1. The van der Waals surface area contributed by atoms with E-state index in [2.05, 4.69) is 0 Å². The Hall–Kier alpha value is -2.45. The first-order valence-corrected chi connectivity index (χ1v) is 8.55. The highest BCUT2D eigenvalue weighted by Gasteiger charge is 2.33. The Labute approximate surface area is 148 Å². The number of rotatable bonds is 4. The van der Waals surface area contributed by atoms with E-state index in [1.165, 1.54) is 6.20 Å². The second kappa shape index (κ2) is 6.07. The number of aromatic carboxylic acids is 1. The maximum atomic E-state index is 14.8. The number of ether oxygens (including phenoxy) is 1.